The van der Waals surface area contributed by atoms with Gasteiger partial charge in [-0.3, -0.25) is 9.69 Å². The lowest BCUT2D eigenvalue weighted by molar-refractivity contribution is -0.122. The molecule has 0 N–H and O–H groups in total. The van der Waals surface area contributed by atoms with Gasteiger partial charge in [0.25, 0.3) is 5.91 Å². The van der Waals surface area contributed by atoms with Crippen molar-refractivity contribution in [2.24, 2.45) is 0 Å². The van der Waals surface area contributed by atoms with E-state index in [4.69, 9.17) is 40.2 Å². The first-order chi connectivity index (χ1) is 9.52. The van der Waals surface area contributed by atoms with Crippen molar-refractivity contribution in [3.63, 3.8) is 0 Å². The van der Waals surface area contributed by atoms with Crippen LogP contribution in [0.2, 0.25) is 10.0 Å². The molecule has 0 spiro atoms. The van der Waals surface area contributed by atoms with Gasteiger partial charge in [0.15, 0.2) is 0 Å². The molecule has 0 aliphatic carbocycles. The van der Waals surface area contributed by atoms with Gasteiger partial charge in [-0.25, -0.2) is 0 Å². The number of hydrogen-bond donors (Lipinski definition) is 0. The molecule has 0 aromatic heterocycles. The molecule has 20 heavy (non-hydrogen) atoms. The molecule has 1 amide bonds. The van der Waals surface area contributed by atoms with E-state index in [1.165, 1.54) is 16.7 Å². The molecule has 1 heterocycles. The molecular weight excluding hydrogens is 337 g/mol. The van der Waals surface area contributed by atoms with Crippen molar-refractivity contribution < 1.29 is 9.53 Å². The van der Waals surface area contributed by atoms with Crippen LogP contribution in [-0.4, -0.2) is 35.4 Å². The normalized spacial score (nSPS) is 17.4. The van der Waals surface area contributed by atoms with Gasteiger partial charge < -0.3 is 4.74 Å². The maximum atomic E-state index is 12.2. The quantitative estimate of drug-likeness (QED) is 0.611. The fourth-order valence-corrected chi connectivity index (χ4v) is 3.24. The van der Waals surface area contributed by atoms with Crippen molar-refractivity contribution >= 4 is 63.5 Å². The van der Waals surface area contributed by atoms with Gasteiger partial charge in [-0.2, -0.15) is 0 Å². The molecule has 106 valence electrons. The van der Waals surface area contributed by atoms with Gasteiger partial charge in [0.1, 0.15) is 4.32 Å². The van der Waals surface area contributed by atoms with Crippen molar-refractivity contribution in [1.82, 2.24) is 4.90 Å². The third-order valence-electron chi connectivity index (χ3n) is 2.63. The predicted molar refractivity (Wildman–Crippen MR) is 88.2 cm³/mol. The zero-order valence-corrected chi connectivity index (χ0v) is 13.7. The summed E-state index contributed by atoms with van der Waals surface area (Å²) in [5.74, 6) is -0.108. The van der Waals surface area contributed by atoms with Crippen LogP contribution >= 0.6 is 47.2 Å². The molecule has 1 aromatic carbocycles. The van der Waals surface area contributed by atoms with Gasteiger partial charge >= 0.3 is 0 Å². The van der Waals surface area contributed by atoms with E-state index in [1.54, 1.807) is 31.4 Å². The Bertz CT molecular complexity index is 590. The molecule has 0 radical (unpaired) electrons. The number of thioether (sulfide) groups is 1. The Kier molecular flexibility index (Phi) is 5.46. The summed E-state index contributed by atoms with van der Waals surface area (Å²) in [7, 11) is 1.59. The summed E-state index contributed by atoms with van der Waals surface area (Å²) in [6, 6.07) is 5.21. The first-order valence-corrected chi connectivity index (χ1v) is 7.70. The molecule has 7 heteroatoms. The number of hydrogen-bond acceptors (Lipinski definition) is 4. The number of amides is 1. The monoisotopic (exact) mass is 347 g/mol. The number of benzene rings is 1. The Hall–Kier alpha value is -0.590. The Morgan fingerprint density at radius 3 is 2.80 bits per heavy atom. The number of carbonyl (C=O) groups is 1. The number of nitrogens with zero attached hydrogens (tertiary/aromatic N) is 1. The number of methoxy groups -OCH3 is 1. The zero-order chi connectivity index (χ0) is 14.7. The molecule has 0 unspecified atom stereocenters. The van der Waals surface area contributed by atoms with E-state index in [0.717, 1.165) is 5.56 Å². The summed E-state index contributed by atoms with van der Waals surface area (Å²) < 4.78 is 5.51. The highest BCUT2D eigenvalue weighted by Gasteiger charge is 2.31. The zero-order valence-electron chi connectivity index (χ0n) is 10.6. The van der Waals surface area contributed by atoms with Gasteiger partial charge in [-0.1, -0.05) is 53.2 Å². The Morgan fingerprint density at radius 2 is 2.15 bits per heavy atom. The second-order valence-electron chi connectivity index (χ2n) is 4.00. The molecule has 2 rings (SSSR count). The maximum absolute atomic E-state index is 12.2. The van der Waals surface area contributed by atoms with E-state index >= 15 is 0 Å². The van der Waals surface area contributed by atoms with Gasteiger partial charge in [0.05, 0.1) is 28.1 Å². The molecule has 0 bridgehead atoms. The van der Waals surface area contributed by atoms with Crippen molar-refractivity contribution in [2.45, 2.75) is 0 Å². The van der Waals surface area contributed by atoms with Crippen molar-refractivity contribution in [3.05, 3.63) is 38.7 Å². The molecule has 1 aliphatic heterocycles. The highest BCUT2D eigenvalue weighted by Crippen LogP contribution is 2.33. The van der Waals surface area contributed by atoms with E-state index in [9.17, 15) is 4.79 Å². The van der Waals surface area contributed by atoms with Crippen LogP contribution in [0.25, 0.3) is 6.08 Å². The summed E-state index contributed by atoms with van der Waals surface area (Å²) in [5.41, 5.74) is 0.812. The number of rotatable bonds is 4. The van der Waals surface area contributed by atoms with Crippen LogP contribution in [0.5, 0.6) is 0 Å². The minimum atomic E-state index is -0.108. The van der Waals surface area contributed by atoms with E-state index in [-0.39, 0.29) is 5.91 Å². The van der Waals surface area contributed by atoms with Crippen LogP contribution in [0.4, 0.5) is 0 Å². The van der Waals surface area contributed by atoms with E-state index in [0.29, 0.717) is 32.4 Å². The summed E-state index contributed by atoms with van der Waals surface area (Å²) in [5, 5.41) is 0.937. The minimum absolute atomic E-state index is 0.108. The van der Waals surface area contributed by atoms with Crippen LogP contribution in [-0.2, 0) is 9.53 Å². The molecule has 1 aromatic rings. The maximum Gasteiger partial charge on any atom is 0.266 e. The molecule has 1 aliphatic rings. The fraction of sp³-hybridized carbons (Fsp3) is 0.231. The first kappa shape index (κ1) is 15.8. The molecule has 1 fully saturated rings. The number of carbonyl (C=O) groups excluding carboxylic acids is 1. The van der Waals surface area contributed by atoms with Gasteiger partial charge in [0, 0.05) is 7.11 Å². The van der Waals surface area contributed by atoms with Crippen LogP contribution < -0.4 is 0 Å². The molecule has 0 atom stereocenters. The predicted octanol–water partition coefficient (Wildman–Crippen LogP) is 3.84. The standard InChI is InChI=1S/C13H11Cl2NO2S2/c1-18-5-4-16-12(17)11(20-13(16)19)7-8-2-3-9(14)10(15)6-8/h2-3,6-7H,4-5H2,1H3/b11-7+. The molecular formula is C13H11Cl2NO2S2. The Labute approximate surface area is 136 Å². The third kappa shape index (κ3) is 3.54. The van der Waals surface area contributed by atoms with Crippen molar-refractivity contribution in [1.29, 1.82) is 0 Å². The van der Waals surface area contributed by atoms with E-state index in [2.05, 4.69) is 0 Å². The second-order valence-corrected chi connectivity index (χ2v) is 6.49. The average Bonchev–Trinajstić information content (AvgIpc) is 2.67. The van der Waals surface area contributed by atoms with E-state index < -0.39 is 0 Å². The van der Waals surface area contributed by atoms with Crippen LogP contribution in [0.3, 0.4) is 0 Å². The number of ether oxygens (including phenoxy) is 1. The van der Waals surface area contributed by atoms with Crippen molar-refractivity contribution in [2.75, 3.05) is 20.3 Å². The lowest BCUT2D eigenvalue weighted by Crippen LogP contribution is -2.31. The van der Waals surface area contributed by atoms with Crippen molar-refractivity contribution in [3.8, 4) is 0 Å². The molecule has 0 saturated carbocycles. The molecule has 1 saturated heterocycles. The Balaban J connectivity index is 2.20. The lowest BCUT2D eigenvalue weighted by Gasteiger charge is -2.12. The van der Waals surface area contributed by atoms with Crippen LogP contribution in [0.15, 0.2) is 23.1 Å². The molecule has 3 nitrogen and oxygen atoms in total. The number of halogens is 2. The summed E-state index contributed by atoms with van der Waals surface area (Å²) in [6.45, 7) is 0.909. The van der Waals surface area contributed by atoms with Gasteiger partial charge in [-0.15, -0.1) is 0 Å². The smallest absolute Gasteiger partial charge is 0.266 e. The Morgan fingerprint density at radius 1 is 1.40 bits per heavy atom. The average molecular weight is 348 g/mol. The van der Waals surface area contributed by atoms with E-state index in [1.807, 2.05) is 0 Å². The highest BCUT2D eigenvalue weighted by atomic mass is 35.5. The summed E-state index contributed by atoms with van der Waals surface area (Å²) in [6.07, 6.45) is 1.76. The minimum Gasteiger partial charge on any atom is -0.383 e. The SMILES string of the molecule is COCCN1C(=O)/C(=C\c2ccc(Cl)c(Cl)c2)SC1=S. The third-order valence-corrected chi connectivity index (χ3v) is 4.75. The van der Waals surface area contributed by atoms with Crippen LogP contribution in [0, 0.1) is 0 Å². The summed E-state index contributed by atoms with van der Waals surface area (Å²) >= 11 is 18.3. The fourth-order valence-electron chi connectivity index (χ4n) is 1.63. The van der Waals surface area contributed by atoms with Gasteiger partial charge in [-0.05, 0) is 23.8 Å². The largest absolute Gasteiger partial charge is 0.383 e. The lowest BCUT2D eigenvalue weighted by atomic mass is 10.2. The second kappa shape index (κ2) is 6.91. The van der Waals surface area contributed by atoms with Crippen LogP contribution in [0.1, 0.15) is 5.56 Å². The highest BCUT2D eigenvalue weighted by molar-refractivity contribution is 8.26. The summed E-state index contributed by atoms with van der Waals surface area (Å²) in [4.78, 5) is 14.3. The first-order valence-electron chi connectivity index (χ1n) is 5.72. The number of thiocarbonyl (C=S) groups is 1. The van der Waals surface area contributed by atoms with Gasteiger partial charge in [0.2, 0.25) is 0 Å². The topological polar surface area (TPSA) is 29.5 Å².